The third-order valence-corrected chi connectivity index (χ3v) is 8.81. The number of hydrogen-bond acceptors (Lipinski definition) is 2. The molecule has 2 heteroatoms. The Morgan fingerprint density at radius 1 is 1.05 bits per heavy atom. The van der Waals surface area contributed by atoms with E-state index in [-0.39, 0.29) is 11.2 Å². The Kier molecular flexibility index (Phi) is 2.67. The molecule has 4 saturated carbocycles. The van der Waals surface area contributed by atoms with Crippen LogP contribution in [0.25, 0.3) is 0 Å². The largest absolute Gasteiger partial charge is 0.350 e. The van der Waals surface area contributed by atoms with Crippen LogP contribution in [0, 0.1) is 34.0 Å². The van der Waals surface area contributed by atoms with E-state index in [2.05, 4.69) is 41.5 Å². The molecular formula is C19H32O2. The van der Waals surface area contributed by atoms with Crippen LogP contribution < -0.4 is 0 Å². The van der Waals surface area contributed by atoms with Gasteiger partial charge in [-0.25, -0.2) is 0 Å². The summed E-state index contributed by atoms with van der Waals surface area (Å²) in [6, 6.07) is 0. The maximum atomic E-state index is 6.61. The summed E-state index contributed by atoms with van der Waals surface area (Å²) >= 11 is 0. The second-order valence-corrected chi connectivity index (χ2v) is 9.28. The monoisotopic (exact) mass is 292 g/mol. The molecule has 2 nitrogen and oxygen atoms in total. The first-order chi connectivity index (χ1) is 9.72. The van der Waals surface area contributed by atoms with Crippen LogP contribution in [0.2, 0.25) is 0 Å². The minimum atomic E-state index is -0.359. The summed E-state index contributed by atoms with van der Waals surface area (Å²) in [6.45, 7) is 15.1. The molecule has 7 atom stereocenters. The summed E-state index contributed by atoms with van der Waals surface area (Å²) in [4.78, 5) is 0. The zero-order chi connectivity index (χ0) is 15.3. The van der Waals surface area contributed by atoms with Crippen molar-refractivity contribution < 1.29 is 9.47 Å². The van der Waals surface area contributed by atoms with Crippen LogP contribution in [0.15, 0.2) is 0 Å². The third-order valence-electron chi connectivity index (χ3n) is 8.81. The van der Waals surface area contributed by atoms with Gasteiger partial charge in [-0.1, -0.05) is 27.7 Å². The van der Waals surface area contributed by atoms with Crippen LogP contribution in [-0.4, -0.2) is 18.5 Å². The molecular weight excluding hydrogens is 260 g/mol. The van der Waals surface area contributed by atoms with Crippen LogP contribution in [0.1, 0.15) is 67.2 Å². The van der Waals surface area contributed by atoms with Crippen LogP contribution in [-0.2, 0) is 9.47 Å². The second-order valence-electron chi connectivity index (χ2n) is 9.28. The highest BCUT2D eigenvalue weighted by Crippen LogP contribution is 2.80. The summed E-state index contributed by atoms with van der Waals surface area (Å²) in [5, 5.41) is 0. The van der Waals surface area contributed by atoms with Crippen molar-refractivity contribution in [1.82, 2.24) is 0 Å². The molecule has 5 rings (SSSR count). The van der Waals surface area contributed by atoms with Gasteiger partial charge in [-0.3, -0.25) is 0 Å². The molecule has 5 unspecified atom stereocenters. The van der Waals surface area contributed by atoms with Gasteiger partial charge >= 0.3 is 0 Å². The molecule has 120 valence electrons. The van der Waals surface area contributed by atoms with E-state index in [0.29, 0.717) is 22.9 Å². The molecule has 0 amide bonds. The number of hydrogen-bond donors (Lipinski definition) is 0. The topological polar surface area (TPSA) is 18.5 Å². The Bertz CT molecular complexity index is 472. The van der Waals surface area contributed by atoms with Gasteiger partial charge in [0.05, 0.1) is 6.10 Å². The molecule has 0 aromatic carbocycles. The van der Waals surface area contributed by atoms with E-state index in [1.54, 1.807) is 0 Å². The van der Waals surface area contributed by atoms with Gasteiger partial charge < -0.3 is 9.47 Å². The molecule has 21 heavy (non-hydrogen) atoms. The Balaban J connectivity index is 1.86. The molecule has 1 aliphatic heterocycles. The lowest BCUT2D eigenvalue weighted by Crippen LogP contribution is -2.66. The van der Waals surface area contributed by atoms with Gasteiger partial charge in [0.1, 0.15) is 0 Å². The van der Waals surface area contributed by atoms with Crippen LogP contribution in [0.5, 0.6) is 0 Å². The zero-order valence-corrected chi connectivity index (χ0v) is 14.7. The second kappa shape index (κ2) is 3.87. The minimum absolute atomic E-state index is 0.271. The fourth-order valence-corrected chi connectivity index (χ4v) is 7.48. The van der Waals surface area contributed by atoms with Gasteiger partial charge in [0.15, 0.2) is 5.79 Å². The first kappa shape index (κ1) is 14.5. The first-order valence-electron chi connectivity index (χ1n) is 9.04. The van der Waals surface area contributed by atoms with E-state index < -0.39 is 0 Å². The highest BCUT2D eigenvalue weighted by Gasteiger charge is 2.78. The standard InChI is InChI=1S/C19H32O2/c1-7-20-18(6)14-10-19-11-15(21-18)17(14,5)16(3,4)13(19)9-8-12(19)2/h12-15H,7-11H2,1-6H3/t12?,13?,14?,15?,17-,18?,19+/m1/s1. The van der Waals surface area contributed by atoms with Crippen molar-refractivity contribution in [2.24, 2.45) is 34.0 Å². The van der Waals surface area contributed by atoms with Gasteiger partial charge in [-0.2, -0.15) is 0 Å². The first-order valence-corrected chi connectivity index (χ1v) is 9.04. The normalized spacial score (nSPS) is 60.3. The molecule has 0 aromatic heterocycles. The van der Waals surface area contributed by atoms with E-state index in [1.807, 2.05) is 0 Å². The van der Waals surface area contributed by atoms with Crippen molar-refractivity contribution in [2.45, 2.75) is 79.1 Å². The fraction of sp³-hybridized carbons (Fsp3) is 1.00. The SMILES string of the molecule is CCOC1(C)OC2C[C@]34CC1[C@@]2(C)C(C)(C)C3CCC4C. The van der Waals surface area contributed by atoms with E-state index in [1.165, 1.54) is 25.7 Å². The lowest BCUT2D eigenvalue weighted by molar-refractivity contribution is -0.227. The third kappa shape index (κ3) is 1.35. The van der Waals surface area contributed by atoms with Gasteiger partial charge in [0.2, 0.25) is 0 Å². The maximum Gasteiger partial charge on any atom is 0.169 e. The van der Waals surface area contributed by atoms with Crippen LogP contribution in [0.3, 0.4) is 0 Å². The molecule has 1 saturated heterocycles. The van der Waals surface area contributed by atoms with Gasteiger partial charge in [0.25, 0.3) is 0 Å². The van der Waals surface area contributed by atoms with E-state index in [0.717, 1.165) is 18.4 Å². The molecule has 0 radical (unpaired) electrons. The van der Waals surface area contributed by atoms with Crippen molar-refractivity contribution >= 4 is 0 Å². The Labute approximate surface area is 130 Å². The molecule has 4 aliphatic carbocycles. The molecule has 1 spiro atoms. The maximum absolute atomic E-state index is 6.61. The minimum Gasteiger partial charge on any atom is -0.350 e. The van der Waals surface area contributed by atoms with Crippen LogP contribution in [0.4, 0.5) is 0 Å². The number of ether oxygens (including phenoxy) is 2. The van der Waals surface area contributed by atoms with Crippen molar-refractivity contribution in [3.63, 3.8) is 0 Å². The highest BCUT2D eigenvalue weighted by molar-refractivity contribution is 5.24. The summed E-state index contributed by atoms with van der Waals surface area (Å²) in [7, 11) is 0. The van der Waals surface area contributed by atoms with Gasteiger partial charge in [0, 0.05) is 17.9 Å². The average Bonchev–Trinajstić information content (AvgIpc) is 2.75. The Morgan fingerprint density at radius 3 is 2.43 bits per heavy atom. The number of rotatable bonds is 2. The Morgan fingerprint density at radius 2 is 1.76 bits per heavy atom. The average molecular weight is 292 g/mol. The molecule has 4 bridgehead atoms. The Hall–Kier alpha value is -0.0800. The predicted octanol–water partition coefficient (Wildman–Crippen LogP) is 4.63. The molecule has 0 N–H and O–H groups in total. The van der Waals surface area contributed by atoms with Crippen molar-refractivity contribution in [3.8, 4) is 0 Å². The van der Waals surface area contributed by atoms with E-state index in [4.69, 9.17) is 9.47 Å². The summed E-state index contributed by atoms with van der Waals surface area (Å²) in [5.74, 6) is 1.92. The van der Waals surface area contributed by atoms with Gasteiger partial charge in [-0.05, 0) is 62.2 Å². The van der Waals surface area contributed by atoms with Crippen LogP contribution >= 0.6 is 0 Å². The van der Waals surface area contributed by atoms with Gasteiger partial charge in [-0.15, -0.1) is 0 Å². The lowest BCUT2D eigenvalue weighted by Gasteiger charge is -2.68. The quantitative estimate of drug-likeness (QED) is 0.739. The van der Waals surface area contributed by atoms with Crippen molar-refractivity contribution in [3.05, 3.63) is 0 Å². The fourth-order valence-electron chi connectivity index (χ4n) is 7.48. The van der Waals surface area contributed by atoms with E-state index in [9.17, 15) is 0 Å². The molecule has 5 aliphatic rings. The molecule has 1 heterocycles. The smallest absolute Gasteiger partial charge is 0.169 e. The summed E-state index contributed by atoms with van der Waals surface area (Å²) < 4.78 is 12.8. The van der Waals surface area contributed by atoms with Crippen molar-refractivity contribution in [1.29, 1.82) is 0 Å². The van der Waals surface area contributed by atoms with E-state index >= 15 is 0 Å². The molecule has 5 fully saturated rings. The lowest BCUT2D eigenvalue weighted by atomic mass is 9.35. The summed E-state index contributed by atoms with van der Waals surface area (Å²) in [6.07, 6.45) is 5.83. The highest BCUT2D eigenvalue weighted by atomic mass is 16.7. The zero-order valence-electron chi connectivity index (χ0n) is 14.7. The van der Waals surface area contributed by atoms with Crippen molar-refractivity contribution in [2.75, 3.05) is 6.61 Å². The predicted molar refractivity (Wildman–Crippen MR) is 83.8 cm³/mol. The molecule has 0 aromatic rings. The summed E-state index contributed by atoms with van der Waals surface area (Å²) in [5.41, 5.74) is 1.15.